The maximum atomic E-state index is 12.4. The molecule has 1 aromatic rings. The Morgan fingerprint density at radius 1 is 1.12 bits per heavy atom. The molecule has 0 radical (unpaired) electrons. The Kier molecular flexibility index (Phi) is 4.95. The highest BCUT2D eigenvalue weighted by atomic mass is 79.9. The summed E-state index contributed by atoms with van der Waals surface area (Å²) >= 11 is 3.33. The second kappa shape index (κ2) is 7.22. The van der Waals surface area contributed by atoms with Crippen molar-refractivity contribution < 1.29 is 19.1 Å². The van der Waals surface area contributed by atoms with E-state index in [1.54, 1.807) is 18.2 Å². The van der Waals surface area contributed by atoms with Gasteiger partial charge in [0, 0.05) is 10.5 Å². The second-order valence-electron chi connectivity index (χ2n) is 7.95. The molecule has 0 unspecified atom stereocenters. The summed E-state index contributed by atoms with van der Waals surface area (Å²) in [7, 11) is 1.54. The fourth-order valence-corrected chi connectivity index (χ4v) is 5.79. The topological polar surface area (TPSA) is 64.6 Å². The predicted molar refractivity (Wildman–Crippen MR) is 100.0 cm³/mol. The minimum Gasteiger partial charge on any atom is -0.497 e. The Morgan fingerprint density at radius 2 is 1.77 bits per heavy atom. The van der Waals surface area contributed by atoms with Gasteiger partial charge in [0.05, 0.1) is 12.7 Å². The first-order chi connectivity index (χ1) is 12.5. The number of rotatable bonds is 5. The quantitative estimate of drug-likeness (QED) is 0.738. The number of ether oxygens (including phenoxy) is 2. The highest BCUT2D eigenvalue weighted by Gasteiger charge is 2.48. The Balaban J connectivity index is 1.32. The van der Waals surface area contributed by atoms with Crippen molar-refractivity contribution in [1.29, 1.82) is 0 Å². The lowest BCUT2D eigenvalue weighted by Crippen LogP contribution is -2.56. The molecular formula is C20H24BrNO4. The number of benzene rings is 1. The average molecular weight is 422 g/mol. The van der Waals surface area contributed by atoms with Gasteiger partial charge in [0.25, 0.3) is 5.91 Å². The van der Waals surface area contributed by atoms with E-state index in [4.69, 9.17) is 9.47 Å². The molecule has 0 saturated heterocycles. The van der Waals surface area contributed by atoms with Gasteiger partial charge in [-0.25, -0.2) is 4.79 Å². The van der Waals surface area contributed by atoms with Crippen LogP contribution in [0.25, 0.3) is 0 Å². The number of esters is 1. The molecule has 0 heterocycles. The maximum absolute atomic E-state index is 12.4. The molecule has 1 amide bonds. The summed E-state index contributed by atoms with van der Waals surface area (Å²) in [6, 6.07) is 5.34. The van der Waals surface area contributed by atoms with Crippen molar-refractivity contribution in [3.63, 3.8) is 0 Å². The van der Waals surface area contributed by atoms with Gasteiger partial charge in [-0.2, -0.15) is 0 Å². The van der Waals surface area contributed by atoms with Crippen molar-refractivity contribution in [2.24, 2.45) is 23.7 Å². The average Bonchev–Trinajstić information content (AvgIpc) is 2.62. The third-order valence-electron chi connectivity index (χ3n) is 6.28. The molecule has 0 aliphatic heterocycles. The molecule has 4 aliphatic rings. The molecule has 5 rings (SSSR count). The minimum absolute atomic E-state index is 0.199. The zero-order valence-electron chi connectivity index (χ0n) is 14.9. The van der Waals surface area contributed by atoms with Crippen LogP contribution in [0.1, 0.15) is 42.5 Å². The minimum atomic E-state index is -0.531. The summed E-state index contributed by atoms with van der Waals surface area (Å²) in [5, 5.41) is 3.15. The SMILES string of the molecule is COc1ccc(Br)c(C(=O)OCC(=O)NC2C3CC4CC(C3)CC2C4)c1. The molecule has 0 atom stereocenters. The van der Waals surface area contributed by atoms with E-state index in [0.717, 1.165) is 11.8 Å². The number of carbonyl (C=O) groups excluding carboxylic acids is 2. The summed E-state index contributed by atoms with van der Waals surface area (Å²) in [4.78, 5) is 24.6. The van der Waals surface area contributed by atoms with E-state index in [2.05, 4.69) is 21.2 Å². The van der Waals surface area contributed by atoms with E-state index < -0.39 is 5.97 Å². The van der Waals surface area contributed by atoms with Gasteiger partial charge >= 0.3 is 5.97 Å². The van der Waals surface area contributed by atoms with Crippen LogP contribution in [0.3, 0.4) is 0 Å². The van der Waals surface area contributed by atoms with Crippen LogP contribution >= 0.6 is 15.9 Å². The van der Waals surface area contributed by atoms with Gasteiger partial charge in [0.1, 0.15) is 5.75 Å². The fraction of sp³-hybridized carbons (Fsp3) is 0.600. The summed E-state index contributed by atoms with van der Waals surface area (Å²) in [5.41, 5.74) is 0.353. The van der Waals surface area contributed by atoms with Crippen molar-refractivity contribution in [3.05, 3.63) is 28.2 Å². The van der Waals surface area contributed by atoms with Gasteiger partial charge < -0.3 is 14.8 Å². The molecule has 4 bridgehead atoms. The first-order valence-electron chi connectivity index (χ1n) is 9.33. The Bertz CT molecular complexity index is 692. The van der Waals surface area contributed by atoms with Crippen LogP contribution in [-0.4, -0.2) is 31.6 Å². The van der Waals surface area contributed by atoms with E-state index in [1.807, 2.05) is 0 Å². The third-order valence-corrected chi connectivity index (χ3v) is 6.97. The molecular weight excluding hydrogens is 398 g/mol. The number of nitrogens with one attached hydrogen (secondary N) is 1. The molecule has 6 heteroatoms. The summed E-state index contributed by atoms with van der Waals surface area (Å²) in [6.07, 6.45) is 6.37. The third kappa shape index (κ3) is 3.48. The first kappa shape index (κ1) is 17.8. The van der Waals surface area contributed by atoms with Crippen molar-refractivity contribution in [2.75, 3.05) is 13.7 Å². The van der Waals surface area contributed by atoms with Gasteiger partial charge in [0.2, 0.25) is 0 Å². The Morgan fingerprint density at radius 3 is 2.38 bits per heavy atom. The second-order valence-corrected chi connectivity index (χ2v) is 8.80. The van der Waals surface area contributed by atoms with Crippen LogP contribution in [0.15, 0.2) is 22.7 Å². The molecule has 4 fully saturated rings. The summed E-state index contributed by atoms with van der Waals surface area (Å²) < 4.78 is 11.0. The lowest BCUT2D eigenvalue weighted by atomic mass is 9.54. The zero-order valence-corrected chi connectivity index (χ0v) is 16.5. The highest BCUT2D eigenvalue weighted by molar-refractivity contribution is 9.10. The van der Waals surface area contributed by atoms with Crippen LogP contribution in [0.4, 0.5) is 0 Å². The van der Waals surface area contributed by atoms with E-state index in [9.17, 15) is 9.59 Å². The van der Waals surface area contributed by atoms with Crippen molar-refractivity contribution in [1.82, 2.24) is 5.32 Å². The van der Waals surface area contributed by atoms with Crippen molar-refractivity contribution >= 4 is 27.8 Å². The van der Waals surface area contributed by atoms with Crippen molar-refractivity contribution in [2.45, 2.75) is 38.1 Å². The van der Waals surface area contributed by atoms with Gasteiger partial charge in [-0.3, -0.25) is 4.79 Å². The predicted octanol–water partition coefficient (Wildman–Crippen LogP) is 3.56. The number of hydrogen-bond donors (Lipinski definition) is 1. The van der Waals surface area contributed by atoms with Gasteiger partial charge in [-0.1, -0.05) is 0 Å². The van der Waals surface area contributed by atoms with Crippen LogP contribution in [0.2, 0.25) is 0 Å². The fourth-order valence-electron chi connectivity index (χ4n) is 5.39. The van der Waals surface area contributed by atoms with Crippen LogP contribution in [0.5, 0.6) is 5.75 Å². The Hall–Kier alpha value is -1.56. The molecule has 1 N–H and O–H groups in total. The van der Waals surface area contributed by atoms with Crippen molar-refractivity contribution in [3.8, 4) is 5.75 Å². The first-order valence-corrected chi connectivity index (χ1v) is 10.1. The number of carbonyl (C=O) groups is 2. The van der Waals surface area contributed by atoms with Gasteiger partial charge in [-0.05, 0) is 89.9 Å². The van der Waals surface area contributed by atoms with E-state index in [0.29, 0.717) is 27.6 Å². The van der Waals surface area contributed by atoms with Crippen LogP contribution in [0, 0.1) is 23.7 Å². The standard InChI is InChI=1S/C20H24BrNO4/c1-25-15-2-3-17(21)16(9-15)20(24)26-10-18(23)22-19-13-5-11-4-12(7-13)8-14(19)6-11/h2-3,9,11-14,19H,4-8,10H2,1H3,(H,22,23). The van der Waals surface area contributed by atoms with E-state index >= 15 is 0 Å². The lowest BCUT2D eigenvalue weighted by molar-refractivity contribution is -0.128. The molecule has 140 valence electrons. The number of halogens is 1. The molecule has 4 saturated carbocycles. The van der Waals surface area contributed by atoms with E-state index in [-0.39, 0.29) is 18.6 Å². The molecule has 0 spiro atoms. The smallest absolute Gasteiger partial charge is 0.339 e. The maximum Gasteiger partial charge on any atom is 0.339 e. The van der Waals surface area contributed by atoms with Gasteiger partial charge in [0.15, 0.2) is 6.61 Å². The molecule has 26 heavy (non-hydrogen) atoms. The highest BCUT2D eigenvalue weighted by Crippen LogP contribution is 2.53. The summed E-state index contributed by atoms with van der Waals surface area (Å²) in [5.74, 6) is 2.80. The summed E-state index contributed by atoms with van der Waals surface area (Å²) in [6.45, 7) is -0.245. The zero-order chi connectivity index (χ0) is 18.3. The Labute approximate surface area is 161 Å². The molecule has 5 nitrogen and oxygen atoms in total. The van der Waals surface area contributed by atoms with Gasteiger partial charge in [-0.15, -0.1) is 0 Å². The monoisotopic (exact) mass is 421 g/mol. The van der Waals surface area contributed by atoms with E-state index in [1.165, 1.54) is 39.2 Å². The normalized spacial score (nSPS) is 31.5. The van der Waals surface area contributed by atoms with Crippen LogP contribution in [-0.2, 0) is 9.53 Å². The lowest BCUT2D eigenvalue weighted by Gasteiger charge is -2.54. The number of hydrogen-bond acceptors (Lipinski definition) is 4. The largest absolute Gasteiger partial charge is 0.497 e. The van der Waals surface area contributed by atoms with Crippen LogP contribution < -0.4 is 10.1 Å². The molecule has 0 aromatic heterocycles. The number of amides is 1. The molecule has 1 aromatic carbocycles. The molecule has 4 aliphatic carbocycles. The number of methoxy groups -OCH3 is 1.